The fraction of sp³-hybridized carbons (Fsp3) is 0.471. The summed E-state index contributed by atoms with van der Waals surface area (Å²) in [5.74, 6) is -1.50. The number of carboxylic acids is 1. The second kappa shape index (κ2) is 6.40. The minimum absolute atomic E-state index is 0.109. The molecule has 1 aromatic rings. The number of nitrogens with zero attached hydrogens (tertiary/aromatic N) is 1. The predicted molar refractivity (Wildman–Crippen MR) is 84.3 cm³/mol. The minimum Gasteiger partial charge on any atom is -0.481 e. The molecule has 2 N–H and O–H groups in total. The van der Waals surface area contributed by atoms with Gasteiger partial charge in [-0.15, -0.1) is 0 Å². The SMILES string of the molecule is O=C(N[C@H]1CCC[C@H]1C(=O)O)c1ccc(N2CCCC2=O)cc1. The Labute approximate surface area is 134 Å². The molecule has 1 aromatic carbocycles. The van der Waals surface area contributed by atoms with Crippen LogP contribution >= 0.6 is 0 Å². The summed E-state index contributed by atoms with van der Waals surface area (Å²) in [6, 6.07) is 6.59. The standard InChI is InChI=1S/C17H20N2O4/c20-15-5-2-10-19(15)12-8-6-11(7-9-12)16(21)18-14-4-1-3-13(14)17(22)23/h6-9,13-14H,1-5,10H2,(H,18,21)(H,22,23)/t13-,14+/m1/s1. The van der Waals surface area contributed by atoms with Crippen molar-refractivity contribution in [2.75, 3.05) is 11.4 Å². The molecule has 1 aliphatic heterocycles. The highest BCUT2D eigenvalue weighted by Gasteiger charge is 2.34. The lowest BCUT2D eigenvalue weighted by molar-refractivity contribution is -0.142. The quantitative estimate of drug-likeness (QED) is 0.887. The van der Waals surface area contributed by atoms with Crippen LogP contribution < -0.4 is 10.2 Å². The highest BCUT2D eigenvalue weighted by molar-refractivity contribution is 5.97. The summed E-state index contributed by atoms with van der Waals surface area (Å²) in [7, 11) is 0. The maximum atomic E-state index is 12.3. The van der Waals surface area contributed by atoms with E-state index in [2.05, 4.69) is 5.32 Å². The lowest BCUT2D eigenvalue weighted by Crippen LogP contribution is -2.40. The van der Waals surface area contributed by atoms with Crippen LogP contribution in [0.5, 0.6) is 0 Å². The first kappa shape index (κ1) is 15.5. The van der Waals surface area contributed by atoms with Crippen LogP contribution in [0.3, 0.4) is 0 Å². The van der Waals surface area contributed by atoms with Gasteiger partial charge in [-0.1, -0.05) is 6.42 Å². The average molecular weight is 316 g/mol. The number of amides is 2. The molecule has 1 aliphatic carbocycles. The number of nitrogens with one attached hydrogen (secondary N) is 1. The Kier molecular flexibility index (Phi) is 4.32. The van der Waals surface area contributed by atoms with E-state index in [4.69, 9.17) is 5.11 Å². The maximum Gasteiger partial charge on any atom is 0.308 e. The Bertz CT molecular complexity index is 626. The second-order valence-corrected chi connectivity index (χ2v) is 6.15. The molecule has 6 nitrogen and oxygen atoms in total. The van der Waals surface area contributed by atoms with Crippen molar-refractivity contribution in [3.63, 3.8) is 0 Å². The van der Waals surface area contributed by atoms with Crippen LogP contribution in [0.4, 0.5) is 5.69 Å². The number of benzene rings is 1. The molecular formula is C17H20N2O4. The largest absolute Gasteiger partial charge is 0.481 e. The van der Waals surface area contributed by atoms with Crippen molar-refractivity contribution in [3.8, 4) is 0 Å². The summed E-state index contributed by atoms with van der Waals surface area (Å²) >= 11 is 0. The Balaban J connectivity index is 1.66. The Hall–Kier alpha value is -2.37. The third-order valence-corrected chi connectivity index (χ3v) is 4.66. The third-order valence-electron chi connectivity index (χ3n) is 4.66. The van der Waals surface area contributed by atoms with Crippen LogP contribution in [0.15, 0.2) is 24.3 Å². The number of carbonyl (C=O) groups is 3. The maximum absolute atomic E-state index is 12.3. The summed E-state index contributed by atoms with van der Waals surface area (Å²) in [5, 5.41) is 12.0. The van der Waals surface area contributed by atoms with Crippen LogP contribution in [0.1, 0.15) is 42.5 Å². The van der Waals surface area contributed by atoms with E-state index in [1.54, 1.807) is 29.2 Å². The monoisotopic (exact) mass is 316 g/mol. The van der Waals surface area contributed by atoms with Gasteiger partial charge in [-0.2, -0.15) is 0 Å². The summed E-state index contributed by atoms with van der Waals surface area (Å²) in [4.78, 5) is 36.9. The zero-order valence-corrected chi connectivity index (χ0v) is 12.8. The van der Waals surface area contributed by atoms with Gasteiger partial charge in [0, 0.05) is 30.3 Å². The van der Waals surface area contributed by atoms with Gasteiger partial charge >= 0.3 is 5.97 Å². The fourth-order valence-electron chi connectivity index (χ4n) is 3.39. The molecule has 3 rings (SSSR count). The number of rotatable bonds is 4. The Morgan fingerprint density at radius 2 is 1.87 bits per heavy atom. The van der Waals surface area contributed by atoms with E-state index in [9.17, 15) is 14.4 Å². The summed E-state index contributed by atoms with van der Waals surface area (Å²) < 4.78 is 0. The molecule has 0 spiro atoms. The summed E-state index contributed by atoms with van der Waals surface area (Å²) in [5.41, 5.74) is 1.28. The molecule has 23 heavy (non-hydrogen) atoms. The van der Waals surface area contributed by atoms with E-state index in [0.29, 0.717) is 31.4 Å². The van der Waals surface area contributed by atoms with Gasteiger partial charge in [0.2, 0.25) is 5.91 Å². The first-order valence-corrected chi connectivity index (χ1v) is 8.00. The van der Waals surface area contributed by atoms with E-state index in [-0.39, 0.29) is 17.9 Å². The number of carbonyl (C=O) groups excluding carboxylic acids is 2. The smallest absolute Gasteiger partial charge is 0.308 e. The molecule has 2 amide bonds. The molecule has 0 bridgehead atoms. The Morgan fingerprint density at radius 1 is 1.13 bits per heavy atom. The van der Waals surface area contributed by atoms with Gasteiger partial charge in [0.25, 0.3) is 5.91 Å². The molecule has 0 radical (unpaired) electrons. The highest BCUT2D eigenvalue weighted by atomic mass is 16.4. The Morgan fingerprint density at radius 3 is 2.48 bits per heavy atom. The number of aliphatic carboxylic acids is 1. The molecule has 122 valence electrons. The molecule has 1 saturated heterocycles. The van der Waals surface area contributed by atoms with Crippen molar-refractivity contribution in [2.24, 2.45) is 5.92 Å². The topological polar surface area (TPSA) is 86.7 Å². The summed E-state index contributed by atoms with van der Waals surface area (Å²) in [6.45, 7) is 0.715. The molecule has 2 atom stereocenters. The van der Waals surface area contributed by atoms with Crippen molar-refractivity contribution >= 4 is 23.5 Å². The van der Waals surface area contributed by atoms with Crippen LogP contribution in [0.25, 0.3) is 0 Å². The lowest BCUT2D eigenvalue weighted by Gasteiger charge is -2.18. The van der Waals surface area contributed by atoms with Crippen molar-refractivity contribution in [3.05, 3.63) is 29.8 Å². The first-order valence-electron chi connectivity index (χ1n) is 8.00. The van der Waals surface area contributed by atoms with E-state index in [1.807, 2.05) is 0 Å². The summed E-state index contributed by atoms with van der Waals surface area (Å²) in [6.07, 6.45) is 3.55. The zero-order chi connectivity index (χ0) is 16.4. The van der Waals surface area contributed by atoms with Gasteiger partial charge in [-0.05, 0) is 43.5 Å². The molecule has 1 heterocycles. The van der Waals surface area contributed by atoms with Crippen LogP contribution in [-0.2, 0) is 9.59 Å². The van der Waals surface area contributed by atoms with Gasteiger partial charge in [0.15, 0.2) is 0 Å². The highest BCUT2D eigenvalue weighted by Crippen LogP contribution is 2.26. The van der Waals surface area contributed by atoms with Gasteiger partial charge in [0.05, 0.1) is 5.92 Å². The minimum atomic E-state index is -0.851. The number of hydrogen-bond donors (Lipinski definition) is 2. The van der Waals surface area contributed by atoms with Crippen molar-refractivity contribution in [1.29, 1.82) is 0 Å². The molecular weight excluding hydrogens is 296 g/mol. The molecule has 6 heteroatoms. The molecule has 1 saturated carbocycles. The second-order valence-electron chi connectivity index (χ2n) is 6.15. The van der Waals surface area contributed by atoms with E-state index < -0.39 is 11.9 Å². The number of hydrogen-bond acceptors (Lipinski definition) is 3. The van der Waals surface area contributed by atoms with Crippen LogP contribution in [-0.4, -0.2) is 35.5 Å². The van der Waals surface area contributed by atoms with Crippen molar-refractivity contribution in [1.82, 2.24) is 5.32 Å². The van der Waals surface area contributed by atoms with Crippen LogP contribution in [0.2, 0.25) is 0 Å². The van der Waals surface area contributed by atoms with E-state index >= 15 is 0 Å². The van der Waals surface area contributed by atoms with Crippen molar-refractivity contribution < 1.29 is 19.5 Å². The normalized spacial score (nSPS) is 24.0. The van der Waals surface area contributed by atoms with E-state index in [0.717, 1.165) is 18.5 Å². The molecule has 2 fully saturated rings. The zero-order valence-electron chi connectivity index (χ0n) is 12.8. The lowest BCUT2D eigenvalue weighted by atomic mass is 10.0. The fourth-order valence-corrected chi connectivity index (χ4v) is 3.39. The van der Waals surface area contributed by atoms with Crippen molar-refractivity contribution in [2.45, 2.75) is 38.1 Å². The third kappa shape index (κ3) is 3.21. The average Bonchev–Trinajstić information content (AvgIpc) is 3.16. The van der Waals surface area contributed by atoms with Gasteiger partial charge in [0.1, 0.15) is 0 Å². The van der Waals surface area contributed by atoms with Gasteiger partial charge in [-0.3, -0.25) is 14.4 Å². The molecule has 2 aliphatic rings. The number of carboxylic acid groups (broad SMARTS) is 1. The van der Waals surface area contributed by atoms with Gasteiger partial charge in [-0.25, -0.2) is 0 Å². The van der Waals surface area contributed by atoms with E-state index in [1.165, 1.54) is 0 Å². The first-order chi connectivity index (χ1) is 11.1. The van der Waals surface area contributed by atoms with Crippen LogP contribution in [0, 0.1) is 5.92 Å². The molecule has 0 aromatic heterocycles. The number of anilines is 1. The van der Waals surface area contributed by atoms with Gasteiger partial charge < -0.3 is 15.3 Å². The molecule has 0 unspecified atom stereocenters. The predicted octanol–water partition coefficient (Wildman–Crippen LogP) is 1.80.